The smallest absolute Gasteiger partial charge is 0.209 e. The second kappa shape index (κ2) is 8.75. The van der Waals surface area contributed by atoms with Gasteiger partial charge in [0.2, 0.25) is 5.16 Å². The summed E-state index contributed by atoms with van der Waals surface area (Å²) in [5.41, 5.74) is 2.48. The van der Waals surface area contributed by atoms with Crippen molar-refractivity contribution in [3.05, 3.63) is 96.1 Å². The number of aromatic nitrogens is 3. The summed E-state index contributed by atoms with van der Waals surface area (Å²) in [5.74, 6) is 1.45. The van der Waals surface area contributed by atoms with Gasteiger partial charge >= 0.3 is 0 Å². The summed E-state index contributed by atoms with van der Waals surface area (Å²) in [5, 5.41) is 7.37. The van der Waals surface area contributed by atoms with Crippen molar-refractivity contribution in [3.63, 3.8) is 0 Å². The van der Waals surface area contributed by atoms with E-state index in [1.165, 1.54) is 11.8 Å². The molecular weight excluding hydrogens is 382 g/mol. The zero-order chi connectivity index (χ0) is 20.1. The van der Waals surface area contributed by atoms with Crippen molar-refractivity contribution in [2.24, 2.45) is 0 Å². The van der Waals surface area contributed by atoms with Gasteiger partial charge < -0.3 is 4.74 Å². The molecule has 0 aliphatic heterocycles. The first kappa shape index (κ1) is 19.0. The van der Waals surface area contributed by atoms with Gasteiger partial charge in [0, 0.05) is 11.1 Å². The molecule has 0 fully saturated rings. The Balaban J connectivity index is 1.61. The van der Waals surface area contributed by atoms with Crippen LogP contribution in [0.15, 0.2) is 90.1 Å². The van der Waals surface area contributed by atoms with Crippen LogP contribution >= 0.6 is 11.8 Å². The number of H-pyrrole nitrogens is 1. The normalized spacial score (nSPS) is 11.8. The summed E-state index contributed by atoms with van der Waals surface area (Å²) in [7, 11) is 1.63. The standard InChI is InChI=1S/C23H19N3O2S/c1-28-19-14-12-18(13-15-19)22-24-23(26-25-22)29-21(17-10-6-3-7-11-17)20(27)16-8-4-2-5-9-16/h2-15,21H,1H3,(H,24,25,26)/t21-/m0/s1. The maximum Gasteiger partial charge on any atom is 0.209 e. The molecule has 1 N–H and O–H groups in total. The molecule has 5 nitrogen and oxygen atoms in total. The van der Waals surface area contributed by atoms with E-state index in [2.05, 4.69) is 15.2 Å². The van der Waals surface area contributed by atoms with Crippen molar-refractivity contribution in [2.45, 2.75) is 10.4 Å². The molecule has 3 aromatic carbocycles. The van der Waals surface area contributed by atoms with Crippen LogP contribution in [-0.4, -0.2) is 28.1 Å². The summed E-state index contributed by atoms with van der Waals surface area (Å²) in [6, 6.07) is 26.6. The minimum Gasteiger partial charge on any atom is -0.497 e. The molecule has 4 rings (SSSR count). The third kappa shape index (κ3) is 4.38. The fraction of sp³-hybridized carbons (Fsp3) is 0.0870. The van der Waals surface area contributed by atoms with Crippen LogP contribution in [0.25, 0.3) is 11.4 Å². The van der Waals surface area contributed by atoms with E-state index in [1.54, 1.807) is 7.11 Å². The number of nitrogens with zero attached hydrogens (tertiary/aromatic N) is 2. The zero-order valence-corrected chi connectivity index (χ0v) is 16.6. The first-order chi connectivity index (χ1) is 14.2. The lowest BCUT2D eigenvalue weighted by Gasteiger charge is -2.14. The van der Waals surface area contributed by atoms with Gasteiger partial charge in [-0.3, -0.25) is 9.89 Å². The Bertz CT molecular complexity index is 1080. The first-order valence-corrected chi connectivity index (χ1v) is 10.0. The largest absolute Gasteiger partial charge is 0.497 e. The average molecular weight is 401 g/mol. The molecule has 0 saturated heterocycles. The summed E-state index contributed by atoms with van der Waals surface area (Å²) >= 11 is 1.34. The number of hydrogen-bond donors (Lipinski definition) is 1. The molecule has 29 heavy (non-hydrogen) atoms. The lowest BCUT2D eigenvalue weighted by molar-refractivity contribution is 0.0989. The fourth-order valence-corrected chi connectivity index (χ4v) is 3.93. The lowest BCUT2D eigenvalue weighted by atomic mass is 10.0. The number of hydrogen-bond acceptors (Lipinski definition) is 5. The highest BCUT2D eigenvalue weighted by molar-refractivity contribution is 8.00. The predicted octanol–water partition coefficient (Wildman–Crippen LogP) is 5.20. The Morgan fingerprint density at radius 3 is 2.24 bits per heavy atom. The molecule has 0 aliphatic rings. The van der Waals surface area contributed by atoms with Gasteiger partial charge in [0.25, 0.3) is 0 Å². The van der Waals surface area contributed by atoms with Crippen molar-refractivity contribution >= 4 is 17.5 Å². The number of aromatic amines is 1. The summed E-state index contributed by atoms with van der Waals surface area (Å²) in [6.07, 6.45) is 0. The van der Waals surface area contributed by atoms with E-state index in [4.69, 9.17) is 4.74 Å². The van der Waals surface area contributed by atoms with Crippen LogP contribution in [0, 0.1) is 0 Å². The monoisotopic (exact) mass is 401 g/mol. The Morgan fingerprint density at radius 1 is 0.931 bits per heavy atom. The van der Waals surface area contributed by atoms with Crippen molar-refractivity contribution in [1.82, 2.24) is 15.2 Å². The van der Waals surface area contributed by atoms with Crippen LogP contribution in [0.3, 0.4) is 0 Å². The van der Waals surface area contributed by atoms with Crippen molar-refractivity contribution in [1.29, 1.82) is 0 Å². The Kier molecular flexibility index (Phi) is 5.72. The number of carbonyl (C=O) groups is 1. The SMILES string of the molecule is COc1ccc(-c2nc(S[C@H](C(=O)c3ccccc3)c3ccccc3)n[nH]2)cc1. The number of ether oxygens (including phenoxy) is 1. The minimum absolute atomic E-state index is 0.0256. The molecule has 1 atom stereocenters. The second-order valence-electron chi connectivity index (χ2n) is 6.33. The molecule has 0 amide bonds. The van der Waals surface area contributed by atoms with E-state index in [1.807, 2.05) is 84.9 Å². The van der Waals surface area contributed by atoms with Gasteiger partial charge in [-0.2, -0.15) is 0 Å². The van der Waals surface area contributed by atoms with Gasteiger partial charge in [0.15, 0.2) is 11.6 Å². The molecule has 4 aromatic rings. The first-order valence-electron chi connectivity index (χ1n) is 9.12. The van der Waals surface area contributed by atoms with Gasteiger partial charge in [0.1, 0.15) is 11.0 Å². The average Bonchev–Trinajstić information content (AvgIpc) is 3.27. The molecule has 1 aromatic heterocycles. The summed E-state index contributed by atoms with van der Waals surface area (Å²) in [4.78, 5) is 17.8. The molecule has 1 heterocycles. The molecule has 0 radical (unpaired) electrons. The molecular formula is C23H19N3O2S. The molecule has 144 valence electrons. The number of Topliss-reactive ketones (excluding diaryl/α,β-unsaturated/α-hetero) is 1. The van der Waals surface area contributed by atoms with Crippen molar-refractivity contribution in [2.75, 3.05) is 7.11 Å². The van der Waals surface area contributed by atoms with Crippen LogP contribution in [0.1, 0.15) is 21.2 Å². The van der Waals surface area contributed by atoms with Crippen LogP contribution in [0.2, 0.25) is 0 Å². The quantitative estimate of drug-likeness (QED) is 0.341. The Labute approximate surface area is 173 Å². The Morgan fingerprint density at radius 2 is 1.59 bits per heavy atom. The van der Waals surface area contributed by atoms with Gasteiger partial charge in [-0.25, -0.2) is 4.98 Å². The van der Waals surface area contributed by atoms with Crippen LogP contribution in [0.4, 0.5) is 0 Å². The van der Waals surface area contributed by atoms with Gasteiger partial charge in [0.05, 0.1) is 7.11 Å². The number of rotatable bonds is 7. The number of ketones is 1. The number of benzene rings is 3. The third-order valence-electron chi connectivity index (χ3n) is 4.45. The number of methoxy groups -OCH3 is 1. The molecule has 0 spiro atoms. The number of nitrogens with one attached hydrogen (secondary N) is 1. The minimum atomic E-state index is -0.432. The molecule has 0 saturated carbocycles. The van der Waals surface area contributed by atoms with E-state index < -0.39 is 5.25 Å². The summed E-state index contributed by atoms with van der Waals surface area (Å²) < 4.78 is 5.19. The van der Waals surface area contributed by atoms with Crippen LogP contribution in [0.5, 0.6) is 5.75 Å². The third-order valence-corrected chi connectivity index (χ3v) is 5.57. The van der Waals surface area contributed by atoms with Crippen LogP contribution in [-0.2, 0) is 0 Å². The van der Waals surface area contributed by atoms with E-state index in [0.29, 0.717) is 16.5 Å². The maximum absolute atomic E-state index is 13.2. The maximum atomic E-state index is 13.2. The highest BCUT2D eigenvalue weighted by atomic mass is 32.2. The molecule has 6 heteroatoms. The Hall–Kier alpha value is -3.38. The van der Waals surface area contributed by atoms with Gasteiger partial charge in [-0.1, -0.05) is 72.4 Å². The van der Waals surface area contributed by atoms with E-state index >= 15 is 0 Å². The second-order valence-corrected chi connectivity index (χ2v) is 7.41. The van der Waals surface area contributed by atoms with E-state index in [9.17, 15) is 4.79 Å². The van der Waals surface area contributed by atoms with Crippen molar-refractivity contribution in [3.8, 4) is 17.1 Å². The lowest BCUT2D eigenvalue weighted by Crippen LogP contribution is -2.10. The van der Waals surface area contributed by atoms with Crippen LogP contribution < -0.4 is 4.74 Å². The number of carbonyl (C=O) groups excluding carboxylic acids is 1. The fourth-order valence-electron chi connectivity index (χ4n) is 2.94. The molecule has 0 bridgehead atoms. The van der Waals surface area contributed by atoms with Gasteiger partial charge in [-0.15, -0.1) is 5.10 Å². The zero-order valence-electron chi connectivity index (χ0n) is 15.8. The summed E-state index contributed by atoms with van der Waals surface area (Å²) in [6.45, 7) is 0. The van der Waals surface area contributed by atoms with Gasteiger partial charge in [-0.05, 0) is 29.8 Å². The highest BCUT2D eigenvalue weighted by Crippen LogP contribution is 2.36. The molecule has 0 aliphatic carbocycles. The number of thioether (sulfide) groups is 1. The molecule has 0 unspecified atom stereocenters. The van der Waals surface area contributed by atoms with E-state index in [0.717, 1.165) is 16.9 Å². The topological polar surface area (TPSA) is 67.9 Å². The highest BCUT2D eigenvalue weighted by Gasteiger charge is 2.25. The predicted molar refractivity (Wildman–Crippen MR) is 114 cm³/mol. The van der Waals surface area contributed by atoms with Crippen molar-refractivity contribution < 1.29 is 9.53 Å². The van der Waals surface area contributed by atoms with E-state index in [-0.39, 0.29) is 5.78 Å².